The van der Waals surface area contributed by atoms with Gasteiger partial charge in [0.05, 0.1) is 6.54 Å². The molecule has 2 rings (SSSR count). The van der Waals surface area contributed by atoms with Gasteiger partial charge in [0.1, 0.15) is 11.3 Å². The average Bonchev–Trinajstić information content (AvgIpc) is 2.69. The van der Waals surface area contributed by atoms with Crippen LogP contribution in [0.25, 0.3) is 11.2 Å². The number of aryl methyl sites for hydroxylation is 1. The summed E-state index contributed by atoms with van der Waals surface area (Å²) in [6.45, 7) is 7.19. The molecule has 0 aliphatic carbocycles. The van der Waals surface area contributed by atoms with Gasteiger partial charge in [-0.1, -0.05) is 13.8 Å². The lowest BCUT2D eigenvalue weighted by molar-refractivity contribution is 0.593. The molecule has 0 aromatic carbocycles. The van der Waals surface area contributed by atoms with E-state index >= 15 is 0 Å². The molecule has 4 nitrogen and oxygen atoms in total. The minimum atomic E-state index is 0.824. The molecule has 4 heteroatoms. The van der Waals surface area contributed by atoms with Crippen LogP contribution in [0.3, 0.4) is 0 Å². The first-order valence-electron chi connectivity index (χ1n) is 6.37. The second kappa shape index (κ2) is 5.77. The summed E-state index contributed by atoms with van der Waals surface area (Å²) in [5.74, 6) is 1.09. The lowest BCUT2D eigenvalue weighted by Gasteiger charge is -2.07. The fraction of sp³-hybridized carbons (Fsp3) is 0.538. The van der Waals surface area contributed by atoms with Crippen molar-refractivity contribution >= 4 is 11.2 Å². The molecule has 2 aromatic heterocycles. The lowest BCUT2D eigenvalue weighted by Crippen LogP contribution is -2.17. The van der Waals surface area contributed by atoms with Crippen LogP contribution in [0.2, 0.25) is 0 Å². The number of rotatable bonds is 6. The number of fused-ring (bicyclic) bond motifs is 1. The van der Waals surface area contributed by atoms with Crippen molar-refractivity contribution in [1.29, 1.82) is 0 Å². The van der Waals surface area contributed by atoms with E-state index in [1.807, 2.05) is 18.3 Å². The summed E-state index contributed by atoms with van der Waals surface area (Å²) in [6.07, 6.45) is 4.08. The molecule has 0 saturated heterocycles. The van der Waals surface area contributed by atoms with E-state index < -0.39 is 0 Å². The number of hydrogen-bond acceptors (Lipinski definition) is 3. The van der Waals surface area contributed by atoms with Gasteiger partial charge in [0.25, 0.3) is 0 Å². The SMILES string of the molecule is CCCNCc1nc2cccnc2n1CCC. The van der Waals surface area contributed by atoms with Crippen LogP contribution in [-0.2, 0) is 13.1 Å². The van der Waals surface area contributed by atoms with E-state index in [0.29, 0.717) is 0 Å². The van der Waals surface area contributed by atoms with Crippen LogP contribution in [0, 0.1) is 0 Å². The van der Waals surface area contributed by atoms with Crippen molar-refractivity contribution in [2.75, 3.05) is 6.54 Å². The quantitative estimate of drug-likeness (QED) is 0.777. The topological polar surface area (TPSA) is 42.7 Å². The van der Waals surface area contributed by atoms with E-state index in [1.54, 1.807) is 0 Å². The van der Waals surface area contributed by atoms with E-state index in [4.69, 9.17) is 0 Å². The zero-order valence-electron chi connectivity index (χ0n) is 10.6. The summed E-state index contributed by atoms with van der Waals surface area (Å²) in [5, 5.41) is 3.40. The molecular weight excluding hydrogens is 212 g/mol. The van der Waals surface area contributed by atoms with Gasteiger partial charge in [-0.3, -0.25) is 0 Å². The Morgan fingerprint density at radius 2 is 2.18 bits per heavy atom. The van der Waals surface area contributed by atoms with Crippen molar-refractivity contribution < 1.29 is 0 Å². The molecule has 0 radical (unpaired) electrons. The molecule has 1 N–H and O–H groups in total. The number of nitrogens with zero attached hydrogens (tertiary/aromatic N) is 3. The summed E-state index contributed by atoms with van der Waals surface area (Å²) in [4.78, 5) is 9.06. The van der Waals surface area contributed by atoms with E-state index in [1.165, 1.54) is 0 Å². The maximum Gasteiger partial charge on any atom is 0.160 e. The standard InChI is InChI=1S/C13H20N4/c1-3-7-14-10-12-16-11-6-5-8-15-13(11)17(12)9-4-2/h5-6,8,14H,3-4,7,9-10H2,1-2H3. The normalized spacial score (nSPS) is 11.2. The molecule has 92 valence electrons. The first kappa shape index (κ1) is 12.0. The number of imidazole rings is 1. The van der Waals surface area contributed by atoms with Gasteiger partial charge in [0.15, 0.2) is 5.65 Å². The van der Waals surface area contributed by atoms with Crippen LogP contribution in [0.15, 0.2) is 18.3 Å². The van der Waals surface area contributed by atoms with Crippen LogP contribution in [0.4, 0.5) is 0 Å². The molecule has 0 saturated carbocycles. The van der Waals surface area contributed by atoms with Crippen LogP contribution >= 0.6 is 0 Å². The molecule has 0 fully saturated rings. The van der Waals surface area contributed by atoms with Crippen molar-refractivity contribution in [2.24, 2.45) is 0 Å². The summed E-state index contributed by atoms with van der Waals surface area (Å²) < 4.78 is 2.22. The molecule has 0 amide bonds. The van der Waals surface area contributed by atoms with E-state index in [2.05, 4.69) is 33.7 Å². The predicted octanol–water partition coefficient (Wildman–Crippen LogP) is 2.34. The monoisotopic (exact) mass is 232 g/mol. The lowest BCUT2D eigenvalue weighted by atomic mass is 10.4. The third-order valence-electron chi connectivity index (χ3n) is 2.74. The first-order chi connectivity index (χ1) is 8.36. The minimum absolute atomic E-state index is 0.824. The largest absolute Gasteiger partial charge is 0.312 e. The number of aromatic nitrogens is 3. The summed E-state index contributed by atoms with van der Waals surface area (Å²) >= 11 is 0. The van der Waals surface area contributed by atoms with Crippen LogP contribution in [-0.4, -0.2) is 21.1 Å². The smallest absolute Gasteiger partial charge is 0.160 e. The average molecular weight is 232 g/mol. The third-order valence-corrected chi connectivity index (χ3v) is 2.74. The molecule has 0 bridgehead atoms. The molecule has 2 aromatic rings. The third kappa shape index (κ3) is 2.64. The molecule has 0 spiro atoms. The van der Waals surface area contributed by atoms with Gasteiger partial charge < -0.3 is 9.88 Å². The van der Waals surface area contributed by atoms with Crippen molar-refractivity contribution in [1.82, 2.24) is 19.9 Å². The zero-order valence-corrected chi connectivity index (χ0v) is 10.6. The Morgan fingerprint density at radius 1 is 1.29 bits per heavy atom. The van der Waals surface area contributed by atoms with Gasteiger partial charge in [0, 0.05) is 12.7 Å². The van der Waals surface area contributed by atoms with Crippen molar-refractivity contribution in [3.8, 4) is 0 Å². The van der Waals surface area contributed by atoms with Crippen LogP contribution < -0.4 is 5.32 Å². The number of nitrogens with one attached hydrogen (secondary N) is 1. The Hall–Kier alpha value is -1.42. The van der Waals surface area contributed by atoms with Crippen molar-refractivity contribution in [3.05, 3.63) is 24.2 Å². The Labute approximate surface area is 102 Å². The first-order valence-corrected chi connectivity index (χ1v) is 6.37. The summed E-state index contributed by atoms with van der Waals surface area (Å²) in [7, 11) is 0. The highest BCUT2D eigenvalue weighted by Crippen LogP contribution is 2.13. The fourth-order valence-corrected chi connectivity index (χ4v) is 1.98. The predicted molar refractivity (Wildman–Crippen MR) is 69.8 cm³/mol. The molecule has 0 aliphatic heterocycles. The molecule has 0 unspecified atom stereocenters. The molecular formula is C13H20N4. The van der Waals surface area contributed by atoms with Gasteiger partial charge in [-0.05, 0) is 31.5 Å². The highest BCUT2D eigenvalue weighted by atomic mass is 15.1. The van der Waals surface area contributed by atoms with Gasteiger partial charge in [0.2, 0.25) is 0 Å². The maximum absolute atomic E-state index is 4.64. The Morgan fingerprint density at radius 3 is 2.94 bits per heavy atom. The fourth-order valence-electron chi connectivity index (χ4n) is 1.98. The Bertz CT molecular complexity index is 475. The molecule has 0 atom stereocenters. The van der Waals surface area contributed by atoms with Crippen molar-refractivity contribution in [2.45, 2.75) is 39.8 Å². The van der Waals surface area contributed by atoms with Crippen LogP contribution in [0.5, 0.6) is 0 Å². The summed E-state index contributed by atoms with van der Waals surface area (Å²) in [6, 6.07) is 3.96. The second-order valence-corrected chi connectivity index (χ2v) is 4.20. The maximum atomic E-state index is 4.64. The molecule has 2 heterocycles. The Balaban J connectivity index is 2.29. The Kier molecular flexibility index (Phi) is 4.09. The van der Waals surface area contributed by atoms with Crippen LogP contribution in [0.1, 0.15) is 32.5 Å². The second-order valence-electron chi connectivity index (χ2n) is 4.20. The minimum Gasteiger partial charge on any atom is -0.312 e. The van der Waals surface area contributed by atoms with Gasteiger partial charge in [-0.25, -0.2) is 9.97 Å². The van der Waals surface area contributed by atoms with Gasteiger partial charge >= 0.3 is 0 Å². The van der Waals surface area contributed by atoms with E-state index in [-0.39, 0.29) is 0 Å². The number of hydrogen-bond donors (Lipinski definition) is 1. The van der Waals surface area contributed by atoms with Gasteiger partial charge in [-0.2, -0.15) is 0 Å². The zero-order chi connectivity index (χ0) is 12.1. The van der Waals surface area contributed by atoms with E-state index in [0.717, 1.165) is 49.5 Å². The molecule has 0 aliphatic rings. The van der Waals surface area contributed by atoms with Gasteiger partial charge in [-0.15, -0.1) is 0 Å². The highest BCUT2D eigenvalue weighted by molar-refractivity contribution is 5.71. The van der Waals surface area contributed by atoms with E-state index in [9.17, 15) is 0 Å². The highest BCUT2D eigenvalue weighted by Gasteiger charge is 2.09. The summed E-state index contributed by atoms with van der Waals surface area (Å²) in [5.41, 5.74) is 2.00. The van der Waals surface area contributed by atoms with Crippen molar-refractivity contribution in [3.63, 3.8) is 0 Å². The number of pyridine rings is 1. The molecule has 17 heavy (non-hydrogen) atoms.